The van der Waals surface area contributed by atoms with Crippen LogP contribution in [0.4, 0.5) is 0 Å². The molecule has 148 valence electrons. The summed E-state index contributed by atoms with van der Waals surface area (Å²) in [7, 11) is 0. The van der Waals surface area contributed by atoms with Crippen LogP contribution in [0.2, 0.25) is 0 Å². The van der Waals surface area contributed by atoms with E-state index in [1.807, 2.05) is 24.4 Å². The van der Waals surface area contributed by atoms with Gasteiger partial charge in [-0.05, 0) is 61.8 Å². The molecule has 0 radical (unpaired) electrons. The summed E-state index contributed by atoms with van der Waals surface area (Å²) >= 11 is 1.61. The van der Waals surface area contributed by atoms with Crippen LogP contribution in [0.1, 0.15) is 61.1 Å². The van der Waals surface area contributed by atoms with Crippen LogP contribution in [0.25, 0.3) is 0 Å². The molecule has 5 nitrogen and oxygen atoms in total. The third-order valence-electron chi connectivity index (χ3n) is 6.97. The van der Waals surface area contributed by atoms with Crippen molar-refractivity contribution < 1.29 is 9.53 Å². The number of aryl methyl sites for hydroxylation is 1. The highest BCUT2D eigenvalue weighted by atomic mass is 32.1. The minimum absolute atomic E-state index is 0.0939. The van der Waals surface area contributed by atoms with Crippen LogP contribution in [-0.4, -0.2) is 16.6 Å². The Kier molecular flexibility index (Phi) is 4.78. The van der Waals surface area contributed by atoms with E-state index in [1.165, 1.54) is 6.42 Å². The van der Waals surface area contributed by atoms with E-state index in [9.17, 15) is 4.79 Å². The summed E-state index contributed by atoms with van der Waals surface area (Å²) < 4.78 is 5.74. The third kappa shape index (κ3) is 3.24. The van der Waals surface area contributed by atoms with Gasteiger partial charge in [0.05, 0.1) is 10.7 Å². The molecule has 4 rings (SSSR count). The molecule has 0 aliphatic heterocycles. The largest absolute Gasteiger partial charge is 0.487 e. The van der Waals surface area contributed by atoms with Gasteiger partial charge in [0.2, 0.25) is 0 Å². The van der Waals surface area contributed by atoms with Gasteiger partial charge in [-0.2, -0.15) is 5.10 Å². The normalized spacial score (nSPS) is 26.6. The zero-order chi connectivity index (χ0) is 19.9. The van der Waals surface area contributed by atoms with Gasteiger partial charge in [-0.15, -0.1) is 11.3 Å². The molecule has 0 saturated heterocycles. The molecule has 2 saturated carbocycles. The van der Waals surface area contributed by atoms with Crippen LogP contribution < -0.4 is 10.2 Å². The minimum atomic E-state index is -0.182. The molecule has 2 aliphatic rings. The molecule has 0 unspecified atom stereocenters. The molecular weight excluding hydrogens is 370 g/mol. The van der Waals surface area contributed by atoms with E-state index in [2.05, 4.69) is 36.3 Å². The molecular formula is C22H27N3O2S. The van der Waals surface area contributed by atoms with Crippen LogP contribution in [0.5, 0.6) is 5.75 Å². The summed E-state index contributed by atoms with van der Waals surface area (Å²) in [5, 5.41) is 7.55. The maximum atomic E-state index is 12.5. The Morgan fingerprint density at radius 3 is 2.64 bits per heavy atom. The van der Waals surface area contributed by atoms with Gasteiger partial charge in [0.25, 0.3) is 5.91 Å². The number of hydrazone groups is 1. The van der Waals surface area contributed by atoms with E-state index >= 15 is 0 Å². The highest BCUT2D eigenvalue weighted by Gasteiger charge is 2.60. The van der Waals surface area contributed by atoms with Crippen molar-refractivity contribution in [3.05, 3.63) is 45.9 Å². The minimum Gasteiger partial charge on any atom is -0.487 e. The molecule has 2 aliphatic carbocycles. The summed E-state index contributed by atoms with van der Waals surface area (Å²) in [6.07, 6.45) is 3.41. The second-order valence-corrected chi connectivity index (χ2v) is 9.73. The van der Waals surface area contributed by atoms with Crippen LogP contribution in [0.15, 0.2) is 34.7 Å². The third-order valence-corrected chi connectivity index (χ3v) is 7.80. The van der Waals surface area contributed by atoms with Crippen LogP contribution in [-0.2, 0) is 6.61 Å². The lowest BCUT2D eigenvalue weighted by Crippen LogP contribution is -2.34. The first kappa shape index (κ1) is 19.1. The van der Waals surface area contributed by atoms with Gasteiger partial charge in [-0.1, -0.05) is 20.8 Å². The summed E-state index contributed by atoms with van der Waals surface area (Å²) in [5.74, 6) is 1.21. The van der Waals surface area contributed by atoms with Crippen molar-refractivity contribution in [3.63, 3.8) is 0 Å². The molecule has 1 heterocycles. The molecule has 2 bridgehead atoms. The second kappa shape index (κ2) is 6.99. The number of carbonyl (C=O) groups is 1. The standard InChI is InChI=1S/C22H27N3O2S/c1-14-23-17(13-28-14)12-27-18-7-5-15(6-8-18)20(26)25-24-19-11-16-9-10-22(19,4)21(16,2)3/h5-8,13,16H,9-12H2,1-4H3,(H,25,26)/b24-19-/t16-,22+/m1/s1. The first-order valence-electron chi connectivity index (χ1n) is 9.81. The van der Waals surface area contributed by atoms with E-state index in [4.69, 9.17) is 4.74 Å². The number of hydrogen-bond acceptors (Lipinski definition) is 5. The highest BCUT2D eigenvalue weighted by molar-refractivity contribution is 7.09. The average molecular weight is 398 g/mol. The Balaban J connectivity index is 1.36. The number of carbonyl (C=O) groups excluding carboxylic acids is 1. The van der Waals surface area contributed by atoms with Gasteiger partial charge in [-0.3, -0.25) is 4.79 Å². The first-order valence-corrected chi connectivity index (χ1v) is 10.7. The fourth-order valence-electron chi connectivity index (χ4n) is 4.61. The zero-order valence-corrected chi connectivity index (χ0v) is 17.7. The predicted octanol–water partition coefficient (Wildman–Crippen LogP) is 4.96. The maximum absolute atomic E-state index is 12.5. The second-order valence-electron chi connectivity index (χ2n) is 8.66. The number of ether oxygens (including phenoxy) is 1. The highest BCUT2D eigenvalue weighted by Crippen LogP contribution is 2.63. The number of nitrogens with zero attached hydrogens (tertiary/aromatic N) is 2. The Bertz CT molecular complexity index is 916. The molecule has 1 N–H and O–H groups in total. The zero-order valence-electron chi connectivity index (χ0n) is 16.9. The number of fused-ring (bicyclic) bond motifs is 2. The van der Waals surface area contributed by atoms with E-state index in [0.29, 0.717) is 18.1 Å². The Morgan fingerprint density at radius 2 is 2.07 bits per heavy atom. The van der Waals surface area contributed by atoms with Crippen molar-refractivity contribution in [2.75, 3.05) is 0 Å². The first-order chi connectivity index (χ1) is 13.3. The molecule has 2 fully saturated rings. The van der Waals surface area contributed by atoms with E-state index in [1.54, 1.807) is 23.5 Å². The number of benzene rings is 1. The molecule has 1 aromatic carbocycles. The SMILES string of the molecule is Cc1nc(COc2ccc(C(=O)N/N=C3/C[C@H]4CC[C@]3(C)C4(C)C)cc2)cs1. The molecule has 0 spiro atoms. The summed E-state index contributed by atoms with van der Waals surface area (Å²) in [6.45, 7) is 9.37. The van der Waals surface area contributed by atoms with Crippen molar-refractivity contribution in [1.82, 2.24) is 10.4 Å². The Morgan fingerprint density at radius 1 is 1.32 bits per heavy atom. The van der Waals surface area contributed by atoms with Crippen molar-refractivity contribution in [2.24, 2.45) is 21.8 Å². The van der Waals surface area contributed by atoms with Crippen LogP contribution in [0.3, 0.4) is 0 Å². The number of amides is 1. The van der Waals surface area contributed by atoms with E-state index in [-0.39, 0.29) is 16.7 Å². The van der Waals surface area contributed by atoms with Crippen molar-refractivity contribution in [1.29, 1.82) is 0 Å². The van der Waals surface area contributed by atoms with Gasteiger partial charge in [0, 0.05) is 22.1 Å². The fraction of sp³-hybridized carbons (Fsp3) is 0.500. The molecule has 1 amide bonds. The molecule has 6 heteroatoms. The lowest BCUT2D eigenvalue weighted by Gasteiger charge is -2.34. The summed E-state index contributed by atoms with van der Waals surface area (Å²) in [5.41, 5.74) is 5.75. The maximum Gasteiger partial charge on any atom is 0.271 e. The molecule has 1 aromatic heterocycles. The van der Waals surface area contributed by atoms with Gasteiger partial charge in [0.15, 0.2) is 0 Å². The van der Waals surface area contributed by atoms with Gasteiger partial charge < -0.3 is 4.74 Å². The monoisotopic (exact) mass is 397 g/mol. The Labute approximate surface area is 170 Å². The van der Waals surface area contributed by atoms with Gasteiger partial charge in [-0.25, -0.2) is 10.4 Å². The lowest BCUT2D eigenvalue weighted by atomic mass is 9.70. The fourth-order valence-corrected chi connectivity index (χ4v) is 5.21. The number of nitrogens with one attached hydrogen (secondary N) is 1. The van der Waals surface area contributed by atoms with E-state index < -0.39 is 0 Å². The topological polar surface area (TPSA) is 63.6 Å². The number of hydrogen-bond donors (Lipinski definition) is 1. The van der Waals surface area contributed by atoms with Crippen LogP contribution >= 0.6 is 11.3 Å². The predicted molar refractivity (Wildman–Crippen MR) is 112 cm³/mol. The number of thiazole rings is 1. The summed E-state index contributed by atoms with van der Waals surface area (Å²) in [6, 6.07) is 7.15. The van der Waals surface area contributed by atoms with Crippen molar-refractivity contribution in [2.45, 2.75) is 53.6 Å². The van der Waals surface area contributed by atoms with E-state index in [0.717, 1.165) is 35.0 Å². The van der Waals surface area contributed by atoms with Crippen molar-refractivity contribution >= 4 is 23.0 Å². The Hall–Kier alpha value is -2.21. The smallest absolute Gasteiger partial charge is 0.271 e. The van der Waals surface area contributed by atoms with Crippen molar-refractivity contribution in [3.8, 4) is 5.75 Å². The average Bonchev–Trinajstić information content (AvgIpc) is 3.25. The number of aromatic nitrogens is 1. The quantitative estimate of drug-likeness (QED) is 0.725. The summed E-state index contributed by atoms with van der Waals surface area (Å²) in [4.78, 5) is 16.9. The van der Waals surface area contributed by atoms with Crippen LogP contribution in [0, 0.1) is 23.7 Å². The number of rotatable bonds is 5. The van der Waals surface area contributed by atoms with Gasteiger partial charge >= 0.3 is 0 Å². The molecule has 2 atom stereocenters. The molecule has 28 heavy (non-hydrogen) atoms. The lowest BCUT2D eigenvalue weighted by molar-refractivity contribution is 0.0954. The molecule has 2 aromatic rings. The van der Waals surface area contributed by atoms with Gasteiger partial charge in [0.1, 0.15) is 12.4 Å².